The Balaban J connectivity index is 1.59. The van der Waals surface area contributed by atoms with E-state index >= 15 is 0 Å². The first-order valence-corrected chi connectivity index (χ1v) is 19.0. The second kappa shape index (κ2) is 16.7. The molecule has 258 valence electrons. The molecule has 0 radical (unpaired) electrons. The number of nitrogens with zero attached hydrogens (tertiary/aromatic N) is 2. The molecule has 0 heterocycles. The van der Waals surface area contributed by atoms with E-state index in [1.54, 1.807) is 48.5 Å². The van der Waals surface area contributed by atoms with Crippen molar-refractivity contribution in [1.29, 1.82) is 0 Å². The second-order valence-electron chi connectivity index (χ2n) is 12.8. The minimum Gasteiger partial charge on any atom is -0.352 e. The quantitative estimate of drug-likeness (QED) is 0.150. The highest BCUT2D eigenvalue weighted by atomic mass is 35.5. The average molecular weight is 721 g/mol. The third-order valence-electron chi connectivity index (χ3n) is 9.07. The molecular weight excluding hydrogens is 677 g/mol. The Bertz CT molecular complexity index is 1790. The van der Waals surface area contributed by atoms with Crippen LogP contribution in [-0.2, 0) is 32.6 Å². The maximum Gasteiger partial charge on any atom is 0.264 e. The van der Waals surface area contributed by atoms with Crippen molar-refractivity contribution in [2.45, 2.75) is 81.8 Å². The molecule has 0 saturated heterocycles. The van der Waals surface area contributed by atoms with Gasteiger partial charge in [0.25, 0.3) is 10.0 Å². The normalized spacial score (nSPS) is 14.3. The Morgan fingerprint density at radius 3 is 1.98 bits per heavy atom. The number of carbonyl (C=O) groups excluding carboxylic acids is 2. The highest BCUT2D eigenvalue weighted by molar-refractivity contribution is 7.92. The molecule has 1 fully saturated rings. The highest BCUT2D eigenvalue weighted by Gasteiger charge is 2.36. The zero-order chi connectivity index (χ0) is 35.0. The van der Waals surface area contributed by atoms with Gasteiger partial charge in [0, 0.05) is 34.6 Å². The van der Waals surface area contributed by atoms with Gasteiger partial charge in [-0.1, -0.05) is 123 Å². The smallest absolute Gasteiger partial charge is 0.264 e. The van der Waals surface area contributed by atoms with Gasteiger partial charge >= 0.3 is 0 Å². The van der Waals surface area contributed by atoms with E-state index in [0.717, 1.165) is 47.5 Å². The Morgan fingerprint density at radius 1 is 0.796 bits per heavy atom. The fraction of sp³-hybridized carbons (Fsp3) is 0.333. The summed E-state index contributed by atoms with van der Waals surface area (Å²) < 4.78 is 29.7. The number of sulfonamides is 1. The lowest BCUT2D eigenvalue weighted by atomic mass is 9.94. The maximum absolute atomic E-state index is 14.8. The Hall–Kier alpha value is -3.85. The fourth-order valence-corrected chi connectivity index (χ4v) is 8.18. The molecule has 0 unspecified atom stereocenters. The number of amides is 2. The summed E-state index contributed by atoms with van der Waals surface area (Å²) >= 11 is 13.3. The summed E-state index contributed by atoms with van der Waals surface area (Å²) in [5, 5.41) is 3.90. The van der Waals surface area contributed by atoms with Crippen molar-refractivity contribution in [3.8, 4) is 0 Å². The predicted octanol–water partition coefficient (Wildman–Crippen LogP) is 8.40. The zero-order valence-electron chi connectivity index (χ0n) is 27.9. The third kappa shape index (κ3) is 9.24. The van der Waals surface area contributed by atoms with Crippen molar-refractivity contribution >= 4 is 50.7 Å². The average Bonchev–Trinajstić information content (AvgIpc) is 3.11. The van der Waals surface area contributed by atoms with Crippen LogP contribution in [0.4, 0.5) is 5.69 Å². The molecule has 2 amide bonds. The van der Waals surface area contributed by atoms with Crippen LogP contribution in [0.5, 0.6) is 0 Å². The number of hydrogen-bond acceptors (Lipinski definition) is 4. The highest BCUT2D eigenvalue weighted by Crippen LogP contribution is 2.30. The van der Waals surface area contributed by atoms with Gasteiger partial charge in [-0.25, -0.2) is 8.42 Å². The molecule has 5 rings (SSSR count). The summed E-state index contributed by atoms with van der Waals surface area (Å²) in [7, 11) is -4.20. The topological polar surface area (TPSA) is 86.8 Å². The Kier molecular flexibility index (Phi) is 12.4. The zero-order valence-corrected chi connectivity index (χ0v) is 30.2. The van der Waals surface area contributed by atoms with Gasteiger partial charge in [-0.05, 0) is 66.3 Å². The maximum atomic E-state index is 14.8. The van der Waals surface area contributed by atoms with Gasteiger partial charge in [0.05, 0.1) is 10.6 Å². The minimum absolute atomic E-state index is 0.00481. The van der Waals surface area contributed by atoms with Gasteiger partial charge in [-0.2, -0.15) is 0 Å². The Labute approximate surface area is 300 Å². The van der Waals surface area contributed by atoms with Gasteiger partial charge < -0.3 is 10.2 Å². The molecule has 1 N–H and O–H groups in total. The summed E-state index contributed by atoms with van der Waals surface area (Å²) in [5.41, 5.74) is 2.70. The number of nitrogens with one attached hydrogen (secondary N) is 1. The van der Waals surface area contributed by atoms with Crippen LogP contribution in [0.2, 0.25) is 10.0 Å². The van der Waals surface area contributed by atoms with Crippen molar-refractivity contribution in [2.24, 2.45) is 0 Å². The summed E-state index contributed by atoms with van der Waals surface area (Å²) in [5.74, 6) is -0.638. The van der Waals surface area contributed by atoms with Crippen LogP contribution >= 0.6 is 23.2 Å². The molecule has 0 bridgehead atoms. The number of anilines is 1. The van der Waals surface area contributed by atoms with E-state index in [1.165, 1.54) is 17.0 Å². The van der Waals surface area contributed by atoms with Crippen molar-refractivity contribution in [2.75, 3.05) is 10.8 Å². The van der Waals surface area contributed by atoms with Crippen molar-refractivity contribution in [3.05, 3.63) is 130 Å². The molecule has 4 aromatic rings. The molecule has 1 aliphatic rings. The Morgan fingerprint density at radius 2 is 1.39 bits per heavy atom. The van der Waals surface area contributed by atoms with Gasteiger partial charge in [-0.15, -0.1) is 0 Å². The van der Waals surface area contributed by atoms with Crippen molar-refractivity contribution in [1.82, 2.24) is 10.2 Å². The molecule has 0 aromatic heterocycles. The SMILES string of the molecule is CC(C)c1ccc(N(CC(=O)N(Cc2c(Cl)cccc2Cl)[C@@H](Cc2ccccc2)C(=O)NC2CCCCC2)S(=O)(=O)c2ccccc2)cc1. The molecule has 7 nitrogen and oxygen atoms in total. The van der Waals surface area contributed by atoms with E-state index in [-0.39, 0.29) is 35.7 Å². The lowest BCUT2D eigenvalue weighted by molar-refractivity contribution is -0.140. The first-order valence-electron chi connectivity index (χ1n) is 16.8. The molecule has 0 spiro atoms. The summed E-state index contributed by atoms with van der Waals surface area (Å²) in [6, 6.07) is 28.8. The molecule has 1 saturated carbocycles. The van der Waals surface area contributed by atoms with E-state index in [9.17, 15) is 18.0 Å². The van der Waals surface area contributed by atoms with Crippen LogP contribution in [0.1, 0.15) is 68.6 Å². The largest absolute Gasteiger partial charge is 0.352 e. The fourth-order valence-electron chi connectivity index (χ4n) is 6.23. The predicted molar refractivity (Wildman–Crippen MR) is 197 cm³/mol. The van der Waals surface area contributed by atoms with Gasteiger partial charge in [0.2, 0.25) is 11.8 Å². The molecule has 1 atom stereocenters. The van der Waals surface area contributed by atoms with Crippen LogP contribution in [0.3, 0.4) is 0 Å². The summed E-state index contributed by atoms with van der Waals surface area (Å²) in [4.78, 5) is 30.6. The molecule has 1 aliphatic carbocycles. The number of benzene rings is 4. The van der Waals surface area contributed by atoms with Crippen LogP contribution in [0.25, 0.3) is 0 Å². The molecular formula is C39H43Cl2N3O4S. The summed E-state index contributed by atoms with van der Waals surface area (Å²) in [6.45, 7) is 3.46. The van der Waals surface area contributed by atoms with Crippen molar-refractivity contribution < 1.29 is 18.0 Å². The van der Waals surface area contributed by atoms with Crippen LogP contribution in [0, 0.1) is 0 Å². The molecule has 0 aliphatic heterocycles. The van der Waals surface area contributed by atoms with E-state index in [0.29, 0.717) is 21.3 Å². The van der Waals surface area contributed by atoms with Gasteiger partial charge in [0.15, 0.2) is 0 Å². The minimum atomic E-state index is -4.20. The number of rotatable bonds is 13. The van der Waals surface area contributed by atoms with E-state index in [4.69, 9.17) is 23.2 Å². The number of carbonyl (C=O) groups is 2. The van der Waals surface area contributed by atoms with Gasteiger partial charge in [0.1, 0.15) is 12.6 Å². The molecule has 49 heavy (non-hydrogen) atoms. The summed E-state index contributed by atoms with van der Waals surface area (Å²) in [6.07, 6.45) is 5.11. The van der Waals surface area contributed by atoms with E-state index < -0.39 is 28.5 Å². The van der Waals surface area contributed by atoms with Crippen LogP contribution in [0.15, 0.2) is 108 Å². The standard InChI is InChI=1S/C39H43Cl2N3O4S/c1-28(2)30-21-23-32(24-22-30)44(49(47,48)33-17-10-5-11-18-33)27-38(45)43(26-34-35(40)19-12-20-36(34)41)37(25-29-13-6-3-7-14-29)39(46)42-31-15-8-4-9-16-31/h3,5-7,10-14,17-24,28,31,37H,4,8-9,15-16,25-27H2,1-2H3,(H,42,46)/t37-/m0/s1. The number of hydrogen-bond donors (Lipinski definition) is 1. The first kappa shape index (κ1) is 36.4. The van der Waals surface area contributed by atoms with Crippen molar-refractivity contribution in [3.63, 3.8) is 0 Å². The lowest BCUT2D eigenvalue weighted by Crippen LogP contribution is -2.55. The molecule has 4 aromatic carbocycles. The molecule has 10 heteroatoms. The van der Waals surface area contributed by atoms with E-state index in [2.05, 4.69) is 19.2 Å². The number of halogens is 2. The van der Waals surface area contributed by atoms with Crippen LogP contribution in [-0.4, -0.2) is 43.8 Å². The first-order chi connectivity index (χ1) is 23.5. The van der Waals surface area contributed by atoms with E-state index in [1.807, 2.05) is 42.5 Å². The monoisotopic (exact) mass is 719 g/mol. The third-order valence-corrected chi connectivity index (χ3v) is 11.6. The van der Waals surface area contributed by atoms with Crippen LogP contribution < -0.4 is 9.62 Å². The lowest BCUT2D eigenvalue weighted by Gasteiger charge is -2.35. The van der Waals surface area contributed by atoms with Gasteiger partial charge in [-0.3, -0.25) is 13.9 Å². The second-order valence-corrected chi connectivity index (χ2v) is 15.5.